The zero-order valence-electron chi connectivity index (χ0n) is 13.3. The van der Waals surface area contributed by atoms with Gasteiger partial charge in [0.05, 0.1) is 0 Å². The highest BCUT2D eigenvalue weighted by Gasteiger charge is 2.13. The average Bonchev–Trinajstić information content (AvgIpc) is 2.42. The maximum atomic E-state index is 2.30. The summed E-state index contributed by atoms with van der Waals surface area (Å²) in [6.45, 7) is 9.02. The van der Waals surface area contributed by atoms with Crippen LogP contribution >= 0.6 is 0 Å². The third-order valence-electron chi connectivity index (χ3n) is 4.01. The molecule has 0 aliphatic rings. The lowest BCUT2D eigenvalue weighted by molar-refractivity contribution is 0.911. The van der Waals surface area contributed by atoms with Crippen LogP contribution in [0.15, 0.2) is 36.4 Å². The van der Waals surface area contributed by atoms with Crippen LogP contribution in [0.5, 0.6) is 0 Å². The highest BCUT2D eigenvalue weighted by molar-refractivity contribution is 5.76. The first kappa shape index (κ1) is 14.8. The van der Waals surface area contributed by atoms with Crippen molar-refractivity contribution >= 4 is 0 Å². The maximum Gasteiger partial charge on any atom is -0.0117 e. The summed E-state index contributed by atoms with van der Waals surface area (Å²) in [7, 11) is 0. The largest absolute Gasteiger partial charge is 0.0651 e. The van der Waals surface area contributed by atoms with E-state index in [0.717, 1.165) is 12.8 Å². The molecule has 0 saturated heterocycles. The second kappa shape index (κ2) is 6.74. The van der Waals surface area contributed by atoms with Crippen LogP contribution in [-0.4, -0.2) is 0 Å². The van der Waals surface area contributed by atoms with Crippen LogP contribution < -0.4 is 0 Å². The monoisotopic (exact) mass is 266 g/mol. The fourth-order valence-corrected chi connectivity index (χ4v) is 3.13. The Labute approximate surface area is 123 Å². The third kappa shape index (κ3) is 2.95. The summed E-state index contributed by atoms with van der Waals surface area (Å²) in [5.41, 5.74) is 8.77. The zero-order chi connectivity index (χ0) is 14.5. The lowest BCUT2D eigenvalue weighted by Crippen LogP contribution is -1.99. The number of hydrogen-bond acceptors (Lipinski definition) is 0. The molecule has 20 heavy (non-hydrogen) atoms. The van der Waals surface area contributed by atoms with E-state index in [1.165, 1.54) is 46.2 Å². The van der Waals surface area contributed by atoms with Gasteiger partial charge in [-0.2, -0.15) is 0 Å². The molecule has 0 atom stereocenters. The highest BCUT2D eigenvalue weighted by atomic mass is 14.2. The van der Waals surface area contributed by atoms with Gasteiger partial charge in [0.25, 0.3) is 0 Å². The first-order valence-corrected chi connectivity index (χ1v) is 7.86. The first-order chi connectivity index (χ1) is 9.69. The van der Waals surface area contributed by atoms with E-state index in [1.807, 2.05) is 0 Å². The molecular weight excluding hydrogens is 240 g/mol. The van der Waals surface area contributed by atoms with Gasteiger partial charge in [-0.25, -0.2) is 0 Å². The van der Waals surface area contributed by atoms with Gasteiger partial charge in [-0.1, -0.05) is 63.1 Å². The Hall–Kier alpha value is -1.56. The van der Waals surface area contributed by atoms with Crippen molar-refractivity contribution in [3.63, 3.8) is 0 Å². The Morgan fingerprint density at radius 1 is 0.650 bits per heavy atom. The van der Waals surface area contributed by atoms with Gasteiger partial charge in [0.2, 0.25) is 0 Å². The molecule has 0 aliphatic carbocycles. The maximum absolute atomic E-state index is 2.30. The molecule has 0 spiro atoms. The lowest BCUT2D eigenvalue weighted by atomic mass is 9.86. The summed E-state index contributed by atoms with van der Waals surface area (Å²) in [6, 6.07) is 13.5. The van der Waals surface area contributed by atoms with Crippen LogP contribution in [0.4, 0.5) is 0 Å². The van der Waals surface area contributed by atoms with E-state index in [1.54, 1.807) is 0 Å². The molecule has 0 fully saturated rings. The van der Waals surface area contributed by atoms with Crippen LogP contribution in [0, 0.1) is 13.8 Å². The van der Waals surface area contributed by atoms with Gasteiger partial charge >= 0.3 is 0 Å². The zero-order valence-corrected chi connectivity index (χ0v) is 13.3. The fourth-order valence-electron chi connectivity index (χ4n) is 3.13. The third-order valence-corrected chi connectivity index (χ3v) is 4.01. The van der Waals surface area contributed by atoms with Crippen LogP contribution in [0.2, 0.25) is 0 Å². The average molecular weight is 266 g/mol. The minimum Gasteiger partial charge on any atom is -0.0651 e. The lowest BCUT2D eigenvalue weighted by Gasteiger charge is -2.18. The minimum atomic E-state index is 1.16. The van der Waals surface area contributed by atoms with Gasteiger partial charge in [0.1, 0.15) is 0 Å². The van der Waals surface area contributed by atoms with E-state index in [4.69, 9.17) is 0 Å². The van der Waals surface area contributed by atoms with Gasteiger partial charge in [-0.15, -0.1) is 0 Å². The molecule has 0 amide bonds. The van der Waals surface area contributed by atoms with Crippen molar-refractivity contribution in [2.75, 3.05) is 0 Å². The summed E-state index contributed by atoms with van der Waals surface area (Å²) in [4.78, 5) is 0. The second-order valence-electron chi connectivity index (χ2n) is 5.72. The normalized spacial score (nSPS) is 10.8. The van der Waals surface area contributed by atoms with Crippen molar-refractivity contribution in [1.82, 2.24) is 0 Å². The summed E-state index contributed by atoms with van der Waals surface area (Å²) in [6.07, 6.45) is 4.73. The van der Waals surface area contributed by atoms with Crippen LogP contribution in [-0.2, 0) is 12.8 Å². The minimum absolute atomic E-state index is 1.16. The molecule has 0 nitrogen and oxygen atoms in total. The molecular formula is C20H26. The summed E-state index contributed by atoms with van der Waals surface area (Å²) in [5.74, 6) is 0. The number of hydrogen-bond donors (Lipinski definition) is 0. The highest BCUT2D eigenvalue weighted by Crippen LogP contribution is 2.34. The topological polar surface area (TPSA) is 0 Å². The van der Waals surface area contributed by atoms with Gasteiger partial charge in [0.15, 0.2) is 0 Å². The molecule has 2 rings (SSSR count). The second-order valence-corrected chi connectivity index (χ2v) is 5.72. The molecule has 2 aromatic carbocycles. The smallest absolute Gasteiger partial charge is 0.0117 e. The molecule has 0 bridgehead atoms. The SMILES string of the molecule is CCCc1cccc(C)c1-c1c(C)cccc1CCC. The Kier molecular flexibility index (Phi) is 5.00. The predicted molar refractivity (Wildman–Crippen MR) is 89.3 cm³/mol. The first-order valence-electron chi connectivity index (χ1n) is 7.86. The Morgan fingerprint density at radius 3 is 1.40 bits per heavy atom. The van der Waals surface area contributed by atoms with Gasteiger partial charge < -0.3 is 0 Å². The predicted octanol–water partition coefficient (Wildman–Crippen LogP) is 5.88. The number of rotatable bonds is 5. The summed E-state index contributed by atoms with van der Waals surface area (Å²) in [5, 5.41) is 0. The molecule has 0 heteroatoms. The van der Waals surface area contributed by atoms with Gasteiger partial charge in [-0.3, -0.25) is 0 Å². The molecule has 0 heterocycles. The Bertz CT molecular complexity index is 525. The number of aryl methyl sites for hydroxylation is 4. The Balaban J connectivity index is 2.67. The van der Waals surface area contributed by atoms with Crippen molar-refractivity contribution in [3.05, 3.63) is 58.7 Å². The summed E-state index contributed by atoms with van der Waals surface area (Å²) < 4.78 is 0. The van der Waals surface area contributed by atoms with E-state index in [-0.39, 0.29) is 0 Å². The molecule has 0 aromatic heterocycles. The standard InChI is InChI=1S/C20H26/c1-5-9-17-13-7-11-15(3)19(17)20-16(4)12-8-14-18(20)10-6-2/h7-8,11-14H,5-6,9-10H2,1-4H3. The van der Waals surface area contributed by atoms with E-state index in [9.17, 15) is 0 Å². The summed E-state index contributed by atoms with van der Waals surface area (Å²) >= 11 is 0. The molecule has 106 valence electrons. The van der Waals surface area contributed by atoms with Crippen LogP contribution in [0.25, 0.3) is 11.1 Å². The molecule has 2 aromatic rings. The van der Waals surface area contributed by atoms with Crippen molar-refractivity contribution in [3.8, 4) is 11.1 Å². The Morgan fingerprint density at radius 2 is 1.05 bits per heavy atom. The van der Waals surface area contributed by atoms with E-state index in [2.05, 4.69) is 64.1 Å². The number of benzene rings is 2. The van der Waals surface area contributed by atoms with E-state index < -0.39 is 0 Å². The van der Waals surface area contributed by atoms with Gasteiger partial charge in [-0.05, 0) is 60.1 Å². The van der Waals surface area contributed by atoms with Gasteiger partial charge in [0, 0.05) is 0 Å². The van der Waals surface area contributed by atoms with Crippen molar-refractivity contribution in [2.45, 2.75) is 53.4 Å². The molecule has 0 aliphatic heterocycles. The van der Waals surface area contributed by atoms with E-state index >= 15 is 0 Å². The van der Waals surface area contributed by atoms with Crippen molar-refractivity contribution in [1.29, 1.82) is 0 Å². The molecule has 0 saturated carbocycles. The van der Waals surface area contributed by atoms with E-state index in [0.29, 0.717) is 0 Å². The van der Waals surface area contributed by atoms with Crippen LogP contribution in [0.1, 0.15) is 48.9 Å². The van der Waals surface area contributed by atoms with Crippen molar-refractivity contribution < 1.29 is 0 Å². The molecule has 0 N–H and O–H groups in total. The molecule has 0 unspecified atom stereocenters. The molecule has 0 radical (unpaired) electrons. The van der Waals surface area contributed by atoms with Crippen molar-refractivity contribution in [2.24, 2.45) is 0 Å². The quantitative estimate of drug-likeness (QED) is 0.634. The van der Waals surface area contributed by atoms with Crippen LogP contribution in [0.3, 0.4) is 0 Å². The fraction of sp³-hybridized carbons (Fsp3) is 0.400.